The summed E-state index contributed by atoms with van der Waals surface area (Å²) in [5.74, 6) is 2.56. The summed E-state index contributed by atoms with van der Waals surface area (Å²) in [6, 6.07) is 4.34. The summed E-state index contributed by atoms with van der Waals surface area (Å²) in [4.78, 5) is 0. The van der Waals surface area contributed by atoms with Gasteiger partial charge in [0.2, 0.25) is 5.75 Å². The average Bonchev–Trinajstić information content (AvgIpc) is 3.32. The highest BCUT2D eigenvalue weighted by Crippen LogP contribution is 2.40. The Kier molecular flexibility index (Phi) is 49.3. The Labute approximate surface area is 409 Å². The van der Waals surface area contributed by atoms with Crippen molar-refractivity contribution in [3.05, 3.63) is 24.6 Å². The van der Waals surface area contributed by atoms with Crippen LogP contribution in [0.3, 0.4) is 0 Å². The molecule has 65 heavy (non-hydrogen) atoms. The van der Waals surface area contributed by atoms with E-state index in [-0.39, 0.29) is 0 Å². The molecule has 383 valence electrons. The molecule has 0 aliphatic rings. The maximum atomic E-state index is 6.58. The zero-order valence-electron chi connectivity index (χ0n) is 44.9. The second-order valence-electron chi connectivity index (χ2n) is 20.6. The Balaban J connectivity index is 2.40. The van der Waals surface area contributed by atoms with Crippen molar-refractivity contribution in [2.24, 2.45) is 0 Å². The third-order valence-corrected chi connectivity index (χ3v) is 14.1. The van der Waals surface area contributed by atoms with E-state index in [0.717, 1.165) is 62.8 Å². The van der Waals surface area contributed by atoms with Gasteiger partial charge in [-0.1, -0.05) is 310 Å². The van der Waals surface area contributed by atoms with Crippen LogP contribution < -0.4 is 14.2 Å². The largest absolute Gasteiger partial charge is 0.490 e. The second kappa shape index (κ2) is 52.0. The Morgan fingerprint density at radius 3 is 0.646 bits per heavy atom. The summed E-state index contributed by atoms with van der Waals surface area (Å²) < 4.78 is 19.6. The highest BCUT2D eigenvalue weighted by Gasteiger charge is 2.16. The van der Waals surface area contributed by atoms with Crippen molar-refractivity contribution in [1.82, 2.24) is 0 Å². The van der Waals surface area contributed by atoms with Gasteiger partial charge in [-0.15, -0.1) is 0 Å². The lowest BCUT2D eigenvalue weighted by Crippen LogP contribution is -2.07. The van der Waals surface area contributed by atoms with E-state index in [1.807, 2.05) is 0 Å². The topological polar surface area (TPSA) is 27.7 Å². The molecule has 0 aliphatic carbocycles. The maximum absolute atomic E-state index is 6.58. The quantitative estimate of drug-likeness (QED) is 0.0610. The van der Waals surface area contributed by atoms with Crippen LogP contribution in [-0.4, -0.2) is 19.8 Å². The van der Waals surface area contributed by atoms with Crippen molar-refractivity contribution in [3.8, 4) is 17.2 Å². The van der Waals surface area contributed by atoms with E-state index in [9.17, 15) is 0 Å². The summed E-state index contributed by atoms with van der Waals surface area (Å²) in [5.41, 5.74) is 1.17. The Morgan fingerprint density at radius 1 is 0.262 bits per heavy atom. The van der Waals surface area contributed by atoms with Crippen molar-refractivity contribution in [2.45, 2.75) is 335 Å². The molecular weight excluding hydrogens is 793 g/mol. The molecule has 0 unspecified atom stereocenters. The monoisotopic (exact) mass is 910 g/mol. The van der Waals surface area contributed by atoms with Gasteiger partial charge in [0, 0.05) is 0 Å². The molecule has 1 rings (SSSR count). The Bertz CT molecular complexity index is 993. The first-order chi connectivity index (χ1) is 32.3. The zero-order chi connectivity index (χ0) is 46.6. The van der Waals surface area contributed by atoms with Crippen molar-refractivity contribution >= 4 is 0 Å². The van der Waals surface area contributed by atoms with Crippen LogP contribution in [0.4, 0.5) is 0 Å². The molecule has 0 bridgehead atoms. The minimum atomic E-state index is 0.726. The number of benzene rings is 1. The first kappa shape index (κ1) is 61.6. The van der Waals surface area contributed by atoms with Crippen LogP contribution in [0.15, 0.2) is 12.1 Å². The van der Waals surface area contributed by atoms with Crippen LogP contribution in [0.2, 0.25) is 0 Å². The van der Waals surface area contributed by atoms with E-state index >= 15 is 0 Å². The van der Waals surface area contributed by atoms with Crippen LogP contribution in [0.25, 0.3) is 0 Å². The summed E-state index contributed by atoms with van der Waals surface area (Å²) in [5, 5.41) is 0. The van der Waals surface area contributed by atoms with Crippen molar-refractivity contribution in [3.63, 3.8) is 0 Å². The standard InChI is InChI=1S/C62H117O3/c1-5-9-12-15-18-21-24-27-30-33-36-39-42-45-48-51-54-63-60-57-59(8-4)58-61(64-55-52-49-46-43-40-37-34-31-28-25-22-19-16-13-10-6-2)62(60)65-56-53-50-47-44-41-38-35-32-29-26-23-20-17-14-11-7-3/h57-58H,4-56H2,1-3H3. The van der Waals surface area contributed by atoms with E-state index in [2.05, 4.69) is 39.8 Å². The lowest BCUT2D eigenvalue weighted by Gasteiger charge is -2.19. The first-order valence-corrected chi connectivity index (χ1v) is 30.1. The molecule has 0 atom stereocenters. The second-order valence-corrected chi connectivity index (χ2v) is 20.6. The van der Waals surface area contributed by atoms with Gasteiger partial charge in [0.25, 0.3) is 0 Å². The summed E-state index contributed by atoms with van der Waals surface area (Å²) in [6.07, 6.45) is 67.1. The lowest BCUT2D eigenvalue weighted by molar-refractivity contribution is 0.234. The zero-order valence-corrected chi connectivity index (χ0v) is 44.9. The normalized spacial score (nSPS) is 11.5. The fraction of sp³-hybridized carbons (Fsp3) is 0.887. The van der Waals surface area contributed by atoms with Gasteiger partial charge in [0.1, 0.15) is 0 Å². The van der Waals surface area contributed by atoms with Crippen molar-refractivity contribution in [2.75, 3.05) is 19.8 Å². The molecule has 0 spiro atoms. The van der Waals surface area contributed by atoms with Crippen LogP contribution in [-0.2, 0) is 6.42 Å². The van der Waals surface area contributed by atoms with E-state index < -0.39 is 0 Å². The molecule has 1 aromatic rings. The average molecular weight is 911 g/mol. The fourth-order valence-electron chi connectivity index (χ4n) is 9.62. The molecular formula is C62H117O3. The van der Waals surface area contributed by atoms with E-state index in [1.165, 1.54) is 295 Å². The lowest BCUT2D eigenvalue weighted by atomic mass is 10.0. The van der Waals surface area contributed by atoms with Gasteiger partial charge >= 0.3 is 0 Å². The SMILES string of the molecule is [CH2]Cc1cc(OCCCCCCCCCCCCCCCCCC)c(OCCCCCCCCCCCCCCCCCC)c(OCCCCCCCCCCCCCCCCCC)c1. The van der Waals surface area contributed by atoms with Crippen LogP contribution >= 0.6 is 0 Å². The van der Waals surface area contributed by atoms with E-state index in [4.69, 9.17) is 14.2 Å². The van der Waals surface area contributed by atoms with Crippen LogP contribution in [0, 0.1) is 6.92 Å². The van der Waals surface area contributed by atoms with Gasteiger partial charge < -0.3 is 14.2 Å². The van der Waals surface area contributed by atoms with Crippen LogP contribution in [0.5, 0.6) is 17.2 Å². The molecule has 3 heteroatoms. The predicted molar refractivity (Wildman–Crippen MR) is 291 cm³/mol. The fourth-order valence-corrected chi connectivity index (χ4v) is 9.62. The first-order valence-electron chi connectivity index (χ1n) is 30.1. The molecule has 0 heterocycles. The molecule has 3 nitrogen and oxygen atoms in total. The summed E-state index contributed by atoms with van der Waals surface area (Å²) >= 11 is 0. The van der Waals surface area contributed by atoms with Crippen LogP contribution in [0.1, 0.15) is 335 Å². The van der Waals surface area contributed by atoms with Gasteiger partial charge in [0.15, 0.2) is 11.5 Å². The Hall–Kier alpha value is -1.38. The van der Waals surface area contributed by atoms with Crippen molar-refractivity contribution in [1.29, 1.82) is 0 Å². The van der Waals surface area contributed by atoms with Gasteiger partial charge in [-0.2, -0.15) is 0 Å². The highest BCUT2D eigenvalue weighted by atomic mass is 16.5. The molecule has 0 fully saturated rings. The minimum absolute atomic E-state index is 0.726. The molecule has 0 N–H and O–H groups in total. The number of ether oxygens (including phenoxy) is 3. The van der Waals surface area contributed by atoms with Crippen molar-refractivity contribution < 1.29 is 14.2 Å². The summed E-state index contributed by atoms with van der Waals surface area (Å²) in [6.45, 7) is 13.4. The third kappa shape index (κ3) is 42.5. The number of rotatable bonds is 55. The molecule has 0 aliphatic heterocycles. The molecule has 1 radical (unpaired) electrons. The smallest absolute Gasteiger partial charge is 0.203 e. The minimum Gasteiger partial charge on any atom is -0.490 e. The van der Waals surface area contributed by atoms with Gasteiger partial charge in [-0.3, -0.25) is 0 Å². The molecule has 0 saturated heterocycles. The molecule has 1 aromatic carbocycles. The molecule has 0 saturated carbocycles. The number of hydrogen-bond donors (Lipinski definition) is 0. The third-order valence-electron chi connectivity index (χ3n) is 14.1. The predicted octanol–water partition coefficient (Wildman–Crippen LogP) is 22.0. The molecule has 0 aromatic heterocycles. The summed E-state index contributed by atoms with van der Waals surface area (Å²) in [7, 11) is 0. The highest BCUT2D eigenvalue weighted by molar-refractivity contribution is 5.54. The van der Waals surface area contributed by atoms with E-state index in [1.54, 1.807) is 0 Å². The number of hydrogen-bond acceptors (Lipinski definition) is 3. The van der Waals surface area contributed by atoms with E-state index in [0.29, 0.717) is 0 Å². The van der Waals surface area contributed by atoms with Gasteiger partial charge in [-0.25, -0.2) is 0 Å². The van der Waals surface area contributed by atoms with Gasteiger partial charge in [0.05, 0.1) is 19.8 Å². The Morgan fingerprint density at radius 2 is 0.446 bits per heavy atom. The molecule has 0 amide bonds. The maximum Gasteiger partial charge on any atom is 0.203 e. The van der Waals surface area contributed by atoms with Gasteiger partial charge in [-0.05, 0) is 50.3 Å². The number of unbranched alkanes of at least 4 members (excludes halogenated alkanes) is 45.